The summed E-state index contributed by atoms with van der Waals surface area (Å²) in [5.41, 5.74) is -0.633. The topological polar surface area (TPSA) is 231 Å². The summed E-state index contributed by atoms with van der Waals surface area (Å²) in [5, 5.41) is 28.4. The van der Waals surface area contributed by atoms with Crippen molar-refractivity contribution < 1.29 is 35.7 Å². The maximum absolute atomic E-state index is 12.1. The number of nitrogens with one attached hydrogen (secondary N) is 2. The van der Waals surface area contributed by atoms with Crippen molar-refractivity contribution in [3.05, 3.63) is 89.2 Å². The van der Waals surface area contributed by atoms with Gasteiger partial charge in [-0.05, 0) is 57.8 Å². The minimum absolute atomic E-state index is 0.0194. The van der Waals surface area contributed by atoms with Crippen LogP contribution in [0.4, 0.5) is 23.0 Å². The highest BCUT2D eigenvalue weighted by atomic mass is 79.9. The van der Waals surface area contributed by atoms with Crippen LogP contribution in [0.5, 0.6) is 0 Å². The van der Waals surface area contributed by atoms with Crippen molar-refractivity contribution in [2.24, 2.45) is 0 Å². The van der Waals surface area contributed by atoms with Crippen molar-refractivity contribution in [2.75, 3.05) is 9.44 Å². The second-order valence-corrected chi connectivity index (χ2v) is 12.5. The highest BCUT2D eigenvalue weighted by Crippen LogP contribution is 2.29. The van der Waals surface area contributed by atoms with Gasteiger partial charge in [-0.3, -0.25) is 29.7 Å². The van der Waals surface area contributed by atoms with E-state index in [9.17, 15) is 37.1 Å². The number of aromatic nitrogens is 2. The van der Waals surface area contributed by atoms with Crippen molar-refractivity contribution in [3.8, 4) is 0 Å². The maximum Gasteiger partial charge on any atom is 0.270 e. The third-order valence-corrected chi connectivity index (χ3v) is 9.26. The first-order chi connectivity index (χ1) is 18.6. The van der Waals surface area contributed by atoms with Gasteiger partial charge in [0.2, 0.25) is 0 Å². The van der Waals surface area contributed by atoms with E-state index in [0.717, 1.165) is 12.1 Å². The predicted molar refractivity (Wildman–Crippen MR) is 146 cm³/mol. The van der Waals surface area contributed by atoms with Crippen LogP contribution in [0.2, 0.25) is 0 Å². The lowest BCUT2D eigenvalue weighted by Gasteiger charge is -2.05. The summed E-state index contributed by atoms with van der Waals surface area (Å²) in [7, 11) is -7.97. The maximum atomic E-state index is 12.1. The Labute approximate surface area is 242 Å². The monoisotopic (exact) mass is 722 g/mol. The number of sulfonamides is 2. The molecule has 16 nitrogen and oxygen atoms in total. The van der Waals surface area contributed by atoms with Crippen LogP contribution in [-0.2, 0) is 20.0 Å². The molecule has 212 valence electrons. The van der Waals surface area contributed by atoms with E-state index < -0.39 is 29.9 Å². The largest absolute Gasteiger partial charge is 0.358 e. The lowest BCUT2D eigenvalue weighted by Crippen LogP contribution is -2.13. The lowest BCUT2D eigenvalue weighted by molar-refractivity contribution is -0.385. The van der Waals surface area contributed by atoms with Gasteiger partial charge in [-0.25, -0.2) is 16.8 Å². The Balaban J connectivity index is 0.000000220. The molecular formula is C20H16Br2N6O10S2. The Morgan fingerprint density at radius 2 is 1.07 bits per heavy atom. The molecule has 0 radical (unpaired) electrons. The van der Waals surface area contributed by atoms with Gasteiger partial charge in [0.05, 0.1) is 19.6 Å². The van der Waals surface area contributed by atoms with Crippen LogP contribution in [0.15, 0.2) is 76.3 Å². The van der Waals surface area contributed by atoms with Crippen LogP contribution in [0, 0.1) is 34.1 Å². The van der Waals surface area contributed by atoms with Gasteiger partial charge in [-0.15, -0.1) is 0 Å². The number of nitrogens with zero attached hydrogens (tertiary/aromatic N) is 4. The number of nitro benzene ring substituents is 2. The predicted octanol–water partition coefficient (Wildman–Crippen LogP) is 4.91. The number of anilines is 2. The molecule has 0 aliphatic heterocycles. The van der Waals surface area contributed by atoms with E-state index in [1.165, 1.54) is 36.4 Å². The summed E-state index contributed by atoms with van der Waals surface area (Å²) < 4.78 is 63.1. The van der Waals surface area contributed by atoms with Crippen molar-refractivity contribution in [3.63, 3.8) is 0 Å². The first-order valence-electron chi connectivity index (χ1n) is 10.4. The summed E-state index contributed by atoms with van der Waals surface area (Å²) >= 11 is 6.24. The van der Waals surface area contributed by atoms with Gasteiger partial charge < -0.3 is 9.05 Å². The summed E-state index contributed by atoms with van der Waals surface area (Å²) in [6.07, 6.45) is 0. The van der Waals surface area contributed by atoms with Gasteiger partial charge in [-0.1, -0.05) is 22.4 Å². The van der Waals surface area contributed by atoms with E-state index >= 15 is 0 Å². The molecule has 0 amide bonds. The number of non-ortho nitro benzene ring substituents is 2. The highest BCUT2D eigenvalue weighted by molar-refractivity contribution is 9.11. The molecule has 0 spiro atoms. The summed E-state index contributed by atoms with van der Waals surface area (Å²) in [4.78, 5) is 19.5. The van der Waals surface area contributed by atoms with Crippen molar-refractivity contribution >= 4 is 74.9 Å². The number of halogens is 2. The zero-order valence-electron chi connectivity index (χ0n) is 20.1. The molecule has 40 heavy (non-hydrogen) atoms. The second-order valence-electron chi connectivity index (χ2n) is 7.52. The fourth-order valence-corrected chi connectivity index (χ4v) is 5.59. The standard InChI is InChI=1S/2C10H8BrN3O5S/c2*1-6-9(11)10(12-19-6)13-20(17,18)8-4-2-3-7(5-8)14(15)16/h2*2-5H,1H3,(H,12,13). The molecule has 0 atom stereocenters. The SMILES string of the molecule is Cc1onc(NS(=O)(=O)c2cccc([N+](=O)[O-])c2)c1Br.Cc1onc(NS(=O)(=O)c2cccc([N+](=O)[O-])c2)c1Br. The smallest absolute Gasteiger partial charge is 0.270 e. The number of hydrogen-bond acceptors (Lipinski definition) is 12. The molecule has 2 aromatic heterocycles. The van der Waals surface area contributed by atoms with Gasteiger partial charge in [0.25, 0.3) is 31.4 Å². The van der Waals surface area contributed by atoms with E-state index in [4.69, 9.17) is 9.05 Å². The van der Waals surface area contributed by atoms with Crippen LogP contribution in [0.3, 0.4) is 0 Å². The van der Waals surface area contributed by atoms with Gasteiger partial charge in [-0.2, -0.15) is 0 Å². The minimum atomic E-state index is -3.99. The molecule has 4 aromatic rings. The molecule has 0 aliphatic rings. The molecule has 2 aromatic carbocycles. The van der Waals surface area contributed by atoms with Crippen molar-refractivity contribution in [1.82, 2.24) is 10.3 Å². The van der Waals surface area contributed by atoms with Crippen LogP contribution in [0.25, 0.3) is 0 Å². The minimum Gasteiger partial charge on any atom is -0.358 e. The fourth-order valence-electron chi connectivity index (χ4n) is 2.75. The Bertz CT molecular complexity index is 1670. The van der Waals surface area contributed by atoms with Crippen LogP contribution >= 0.6 is 31.9 Å². The molecule has 0 bridgehead atoms. The fraction of sp³-hybridized carbons (Fsp3) is 0.100. The summed E-state index contributed by atoms with van der Waals surface area (Å²) in [6.45, 7) is 3.20. The van der Waals surface area contributed by atoms with Gasteiger partial charge >= 0.3 is 0 Å². The highest BCUT2D eigenvalue weighted by Gasteiger charge is 2.23. The van der Waals surface area contributed by atoms with Gasteiger partial charge in [0, 0.05) is 24.3 Å². The van der Waals surface area contributed by atoms with Crippen LogP contribution in [-0.4, -0.2) is 37.0 Å². The Hall–Kier alpha value is -3.88. The summed E-state index contributed by atoms with van der Waals surface area (Å²) in [6, 6.07) is 9.40. The normalized spacial score (nSPS) is 11.3. The molecule has 20 heteroatoms. The number of aryl methyl sites for hydroxylation is 2. The molecule has 0 saturated carbocycles. The molecule has 0 fully saturated rings. The van der Waals surface area contributed by atoms with Gasteiger partial charge in [0.1, 0.15) is 20.5 Å². The molecule has 2 heterocycles. The van der Waals surface area contributed by atoms with Crippen molar-refractivity contribution in [2.45, 2.75) is 23.6 Å². The number of hydrogen-bond donors (Lipinski definition) is 2. The van der Waals surface area contributed by atoms with E-state index in [1.807, 2.05) is 0 Å². The number of benzene rings is 2. The third kappa shape index (κ3) is 7.20. The van der Waals surface area contributed by atoms with E-state index in [1.54, 1.807) is 13.8 Å². The summed E-state index contributed by atoms with van der Waals surface area (Å²) in [5.74, 6) is 0.770. The number of rotatable bonds is 8. The molecule has 0 unspecified atom stereocenters. The molecule has 4 rings (SSSR count). The van der Waals surface area contributed by atoms with E-state index in [0.29, 0.717) is 20.5 Å². The second kappa shape index (κ2) is 12.1. The lowest BCUT2D eigenvalue weighted by atomic mass is 10.3. The quantitative estimate of drug-likeness (QED) is 0.182. The first-order valence-corrected chi connectivity index (χ1v) is 15.0. The Kier molecular flexibility index (Phi) is 9.28. The Morgan fingerprint density at radius 3 is 1.35 bits per heavy atom. The molecule has 0 saturated heterocycles. The zero-order valence-corrected chi connectivity index (χ0v) is 24.9. The molecular weight excluding hydrogens is 708 g/mol. The van der Waals surface area contributed by atoms with E-state index in [2.05, 4.69) is 51.6 Å². The van der Waals surface area contributed by atoms with E-state index in [-0.39, 0.29) is 32.8 Å². The van der Waals surface area contributed by atoms with Gasteiger partial charge in [0.15, 0.2) is 11.6 Å². The molecule has 2 N–H and O–H groups in total. The zero-order chi connectivity index (χ0) is 29.8. The van der Waals surface area contributed by atoms with Crippen LogP contribution < -0.4 is 9.44 Å². The number of nitro groups is 2. The first kappa shape index (κ1) is 30.7. The average Bonchev–Trinajstić information content (AvgIpc) is 3.39. The van der Waals surface area contributed by atoms with Crippen LogP contribution in [0.1, 0.15) is 11.5 Å². The average molecular weight is 724 g/mol. The molecule has 0 aliphatic carbocycles. The Morgan fingerprint density at radius 1 is 0.725 bits per heavy atom. The van der Waals surface area contributed by atoms with Crippen molar-refractivity contribution in [1.29, 1.82) is 0 Å². The third-order valence-electron chi connectivity index (χ3n) is 4.72.